The zero-order valence-corrected chi connectivity index (χ0v) is 26.7. The molecule has 0 spiro atoms. The van der Waals surface area contributed by atoms with Crippen LogP contribution in [-0.4, -0.2) is 47.4 Å². The van der Waals surface area contributed by atoms with Gasteiger partial charge in [0.25, 0.3) is 0 Å². The van der Waals surface area contributed by atoms with Crippen LogP contribution in [0, 0.1) is 10.8 Å². The Morgan fingerprint density at radius 2 is 1.07 bits per heavy atom. The van der Waals surface area contributed by atoms with Crippen LogP contribution in [0.1, 0.15) is 79.1 Å². The summed E-state index contributed by atoms with van der Waals surface area (Å²) in [5.41, 5.74) is 2.45. The predicted octanol–water partition coefficient (Wildman–Crippen LogP) is 8.51. The molecule has 2 fully saturated rings. The number of aliphatic hydroxyl groups excluding tert-OH is 2. The van der Waals surface area contributed by atoms with Crippen molar-refractivity contribution in [2.45, 2.75) is 79.1 Å². The number of aliphatic hydroxyl groups is 2. The molecule has 44 heavy (non-hydrogen) atoms. The summed E-state index contributed by atoms with van der Waals surface area (Å²) in [4.78, 5) is 35.9. The summed E-state index contributed by atoms with van der Waals surface area (Å²) >= 11 is 0. The smallest absolute Gasteiger partial charge is 0.168 e. The van der Waals surface area contributed by atoms with Gasteiger partial charge in [-0.25, -0.2) is 0 Å². The second-order valence-corrected chi connectivity index (χ2v) is 13.3. The Morgan fingerprint density at radius 3 is 1.43 bits per heavy atom. The fraction of sp³-hybridized carbons (Fsp3) is 0.444. The van der Waals surface area contributed by atoms with Gasteiger partial charge in [0.2, 0.25) is 0 Å². The molecule has 234 valence electrons. The van der Waals surface area contributed by atoms with Crippen LogP contribution in [0.5, 0.6) is 11.5 Å². The number of ether oxygens (including phenoxy) is 2. The molecule has 2 aromatic rings. The molecular formula is C36H44N2O6. The first-order chi connectivity index (χ1) is 20.8. The van der Waals surface area contributed by atoms with E-state index in [2.05, 4.69) is 0 Å². The minimum absolute atomic E-state index is 0.00931. The van der Waals surface area contributed by atoms with Gasteiger partial charge < -0.3 is 19.7 Å². The Labute approximate surface area is 260 Å². The van der Waals surface area contributed by atoms with Gasteiger partial charge in [0.1, 0.15) is 23.0 Å². The molecule has 0 aromatic heterocycles. The Morgan fingerprint density at radius 1 is 0.682 bits per heavy atom. The van der Waals surface area contributed by atoms with Crippen molar-refractivity contribution in [3.8, 4) is 11.5 Å². The molecule has 2 aliphatic carbocycles. The van der Waals surface area contributed by atoms with Gasteiger partial charge in [0, 0.05) is 37.8 Å². The number of rotatable bonds is 9. The summed E-state index contributed by atoms with van der Waals surface area (Å²) < 4.78 is 10.6. The molecule has 8 nitrogen and oxygen atoms in total. The van der Waals surface area contributed by atoms with Crippen molar-refractivity contribution in [2.24, 2.45) is 20.8 Å². The van der Waals surface area contributed by atoms with Gasteiger partial charge in [-0.3, -0.25) is 19.6 Å². The van der Waals surface area contributed by atoms with E-state index >= 15 is 0 Å². The average Bonchev–Trinajstić information content (AvgIpc) is 2.93. The molecule has 0 aliphatic heterocycles. The maximum Gasteiger partial charge on any atom is 0.168 e. The fourth-order valence-electron chi connectivity index (χ4n) is 5.93. The molecule has 0 unspecified atom stereocenters. The first kappa shape index (κ1) is 32.7. The Kier molecular flexibility index (Phi) is 10.1. The van der Waals surface area contributed by atoms with Gasteiger partial charge in [-0.2, -0.15) is 0 Å². The molecule has 8 heteroatoms. The molecule has 0 radical (unpaired) electrons. The number of hydrogen-bond acceptors (Lipinski definition) is 8. The molecule has 0 bridgehead atoms. The summed E-state index contributed by atoms with van der Waals surface area (Å²) in [7, 11) is 3.17. The van der Waals surface area contributed by atoms with Crippen LogP contribution < -0.4 is 9.47 Å². The molecule has 2 aliphatic rings. The van der Waals surface area contributed by atoms with E-state index < -0.39 is 0 Å². The first-order valence-corrected chi connectivity index (χ1v) is 15.2. The maximum atomic E-state index is 13.2. The largest absolute Gasteiger partial charge is 0.511 e. The molecule has 0 amide bonds. The van der Waals surface area contributed by atoms with E-state index in [0.29, 0.717) is 72.8 Å². The number of methoxy groups -OCH3 is 2. The van der Waals surface area contributed by atoms with E-state index in [1.807, 2.05) is 64.1 Å². The summed E-state index contributed by atoms with van der Waals surface area (Å²) in [6.45, 7) is 8.09. The van der Waals surface area contributed by atoms with E-state index in [0.717, 1.165) is 0 Å². The third-order valence-corrected chi connectivity index (χ3v) is 7.99. The lowest BCUT2D eigenvalue weighted by Gasteiger charge is -2.31. The van der Waals surface area contributed by atoms with E-state index in [9.17, 15) is 19.8 Å². The van der Waals surface area contributed by atoms with E-state index in [-0.39, 0.29) is 57.9 Å². The number of unbranched alkanes of at least 4 members (excludes halogenated alkanes) is 1. The summed E-state index contributed by atoms with van der Waals surface area (Å²) in [6.07, 6.45) is 3.29. The van der Waals surface area contributed by atoms with Crippen LogP contribution in [0.4, 0.5) is 11.4 Å². The van der Waals surface area contributed by atoms with Crippen molar-refractivity contribution in [1.29, 1.82) is 0 Å². The molecule has 2 N–H and O–H groups in total. The zero-order chi connectivity index (χ0) is 32.1. The van der Waals surface area contributed by atoms with Crippen molar-refractivity contribution in [3.63, 3.8) is 0 Å². The Bertz CT molecular complexity index is 1430. The third-order valence-electron chi connectivity index (χ3n) is 7.99. The number of Topliss-reactive ketones (excluding diaryl/α,β-unsaturated/α-hetero) is 2. The topological polar surface area (TPSA) is 118 Å². The van der Waals surface area contributed by atoms with Crippen LogP contribution in [0.15, 0.2) is 81.2 Å². The lowest BCUT2D eigenvalue weighted by molar-refractivity contribution is -0.118. The second-order valence-electron chi connectivity index (χ2n) is 13.3. The van der Waals surface area contributed by atoms with E-state index in [4.69, 9.17) is 19.5 Å². The standard InChI is InChI=1S/C36H44N2O6/c1-35(2)19-27(37-23-11-9-13-25(17-23)43-5)33(31(41)21-35)29(39)15-7-8-16-30(40)34-28(20-36(3,4)22-32(34)42)38-24-12-10-14-26(18-24)44-6/h9-14,17-18,39-40H,7-8,15-16,19-22H2,1-6H3. The summed E-state index contributed by atoms with van der Waals surface area (Å²) in [5.74, 6) is 1.09. The molecule has 0 atom stereocenters. The number of ketones is 2. The minimum Gasteiger partial charge on any atom is -0.511 e. The highest BCUT2D eigenvalue weighted by atomic mass is 16.5. The highest BCUT2D eigenvalue weighted by Crippen LogP contribution is 2.39. The number of carbonyl (C=O) groups is 2. The molecule has 2 aromatic carbocycles. The van der Waals surface area contributed by atoms with Crippen LogP contribution in [0.25, 0.3) is 0 Å². The molecule has 4 rings (SSSR count). The minimum atomic E-state index is -0.276. The van der Waals surface area contributed by atoms with Crippen molar-refractivity contribution in [1.82, 2.24) is 0 Å². The quantitative estimate of drug-likeness (QED) is 0.169. The van der Waals surface area contributed by atoms with Crippen LogP contribution in [0.2, 0.25) is 0 Å². The van der Waals surface area contributed by atoms with Gasteiger partial charge in [0.15, 0.2) is 11.6 Å². The lowest BCUT2D eigenvalue weighted by atomic mass is 9.73. The zero-order valence-electron chi connectivity index (χ0n) is 26.7. The van der Waals surface area contributed by atoms with Crippen LogP contribution >= 0.6 is 0 Å². The average molecular weight is 601 g/mol. The van der Waals surface area contributed by atoms with Crippen molar-refractivity contribution in [3.05, 3.63) is 71.2 Å². The summed E-state index contributed by atoms with van der Waals surface area (Å²) in [6, 6.07) is 14.6. The molecular weight excluding hydrogens is 556 g/mol. The number of aliphatic imine (C=N–C) groups is 2. The van der Waals surface area contributed by atoms with Gasteiger partial charge in [-0.1, -0.05) is 39.8 Å². The lowest BCUT2D eigenvalue weighted by Crippen LogP contribution is -2.32. The highest BCUT2D eigenvalue weighted by molar-refractivity contribution is 6.26. The van der Waals surface area contributed by atoms with Gasteiger partial charge >= 0.3 is 0 Å². The molecule has 0 saturated heterocycles. The van der Waals surface area contributed by atoms with Gasteiger partial charge in [0.05, 0.1) is 48.2 Å². The van der Waals surface area contributed by atoms with Gasteiger partial charge in [-0.05, 0) is 60.8 Å². The van der Waals surface area contributed by atoms with Crippen molar-refractivity contribution in [2.75, 3.05) is 14.2 Å². The SMILES string of the molecule is COc1cccc(N=C2CC(C)(C)CC(=O)C2=C(O)CCCCC(O)=C2C(=O)CC(C)(C)CC2=Nc2cccc(OC)c2)c1. The Balaban J connectivity index is 1.53. The maximum absolute atomic E-state index is 13.2. The predicted molar refractivity (Wildman–Crippen MR) is 174 cm³/mol. The van der Waals surface area contributed by atoms with E-state index in [1.165, 1.54) is 0 Å². The van der Waals surface area contributed by atoms with Crippen LogP contribution in [0.3, 0.4) is 0 Å². The van der Waals surface area contributed by atoms with Crippen molar-refractivity contribution < 1.29 is 29.3 Å². The normalized spacial score (nSPS) is 22.2. The van der Waals surface area contributed by atoms with Crippen LogP contribution in [-0.2, 0) is 9.59 Å². The monoisotopic (exact) mass is 600 g/mol. The third kappa shape index (κ3) is 8.24. The Hall–Kier alpha value is -4.20. The second kappa shape index (κ2) is 13.6. The highest BCUT2D eigenvalue weighted by Gasteiger charge is 2.37. The number of nitrogens with zero attached hydrogens (tertiary/aromatic N) is 2. The van der Waals surface area contributed by atoms with E-state index in [1.54, 1.807) is 26.4 Å². The van der Waals surface area contributed by atoms with Gasteiger partial charge in [-0.15, -0.1) is 0 Å². The molecule has 2 saturated carbocycles. The molecule has 0 heterocycles. The fourth-order valence-corrected chi connectivity index (χ4v) is 5.93. The number of allylic oxidation sites excluding steroid dienone is 4. The first-order valence-electron chi connectivity index (χ1n) is 15.2. The van der Waals surface area contributed by atoms with Crippen molar-refractivity contribution >= 4 is 34.4 Å². The number of benzene rings is 2. The summed E-state index contributed by atoms with van der Waals surface area (Å²) in [5, 5.41) is 22.2. The number of carbonyl (C=O) groups excluding carboxylic acids is 2. The number of hydrogen-bond donors (Lipinski definition) is 2.